The zero-order valence-electron chi connectivity index (χ0n) is 27.6. The third kappa shape index (κ3) is 5.21. The monoisotopic (exact) mass is 628 g/mol. The Labute approximate surface area is 287 Å². The van der Waals surface area contributed by atoms with Crippen LogP contribution in [-0.4, -0.2) is 9.97 Å². The Morgan fingerprint density at radius 3 is 2.04 bits per heavy atom. The Hall–Kier alpha value is -5.86. The van der Waals surface area contributed by atoms with Crippen LogP contribution in [0.3, 0.4) is 0 Å². The highest BCUT2D eigenvalue weighted by Crippen LogP contribution is 2.40. The molecule has 0 fully saturated rings. The van der Waals surface area contributed by atoms with E-state index in [1.807, 2.05) is 30.6 Å². The fraction of sp³-hybridized carbons (Fsp3) is 0.106. The summed E-state index contributed by atoms with van der Waals surface area (Å²) in [5.74, 6) is 0.532. The highest BCUT2D eigenvalue weighted by molar-refractivity contribution is 6.04. The van der Waals surface area contributed by atoms with E-state index < -0.39 is 0 Å². The van der Waals surface area contributed by atoms with Crippen molar-refractivity contribution < 1.29 is 0 Å². The number of fused-ring (bicyclic) bond motifs is 3. The molecule has 0 amide bonds. The largest absolute Gasteiger partial charge is 0.256 e. The van der Waals surface area contributed by atoms with Gasteiger partial charge in [-0.25, -0.2) is 0 Å². The molecule has 2 nitrogen and oxygen atoms in total. The van der Waals surface area contributed by atoms with Crippen molar-refractivity contribution in [2.24, 2.45) is 5.92 Å². The predicted molar refractivity (Wildman–Crippen MR) is 206 cm³/mol. The fourth-order valence-corrected chi connectivity index (χ4v) is 7.99. The van der Waals surface area contributed by atoms with Crippen LogP contribution in [0.15, 0.2) is 152 Å². The summed E-state index contributed by atoms with van der Waals surface area (Å²) in [6.07, 6.45) is 17.9. The average molecular weight is 629 g/mol. The van der Waals surface area contributed by atoms with Crippen LogP contribution in [0.5, 0.6) is 0 Å². The number of benzene rings is 5. The molecule has 0 saturated heterocycles. The van der Waals surface area contributed by atoms with Crippen molar-refractivity contribution in [2.45, 2.75) is 25.7 Å². The van der Waals surface area contributed by atoms with Crippen molar-refractivity contribution in [1.29, 1.82) is 0 Å². The van der Waals surface area contributed by atoms with E-state index in [1.165, 1.54) is 65.4 Å². The van der Waals surface area contributed by atoms with Gasteiger partial charge in [-0.15, -0.1) is 0 Å². The summed E-state index contributed by atoms with van der Waals surface area (Å²) in [6.45, 7) is 2.36. The molecule has 0 saturated carbocycles. The minimum Gasteiger partial charge on any atom is -0.256 e. The Morgan fingerprint density at radius 2 is 1.27 bits per heavy atom. The van der Waals surface area contributed by atoms with Crippen molar-refractivity contribution in [3.8, 4) is 33.5 Å². The Bertz CT molecular complexity index is 2540. The molecule has 2 atom stereocenters. The smallest absolute Gasteiger partial charge is 0.0701 e. The van der Waals surface area contributed by atoms with E-state index in [4.69, 9.17) is 0 Å². The number of rotatable bonds is 5. The lowest BCUT2D eigenvalue weighted by Gasteiger charge is -2.28. The molecule has 7 aromatic rings. The van der Waals surface area contributed by atoms with Gasteiger partial charge in [-0.1, -0.05) is 128 Å². The number of pyridine rings is 2. The zero-order valence-corrected chi connectivity index (χ0v) is 27.6. The summed E-state index contributed by atoms with van der Waals surface area (Å²) >= 11 is 0. The number of allylic oxidation sites excluding steroid dienone is 4. The number of aromatic nitrogens is 2. The van der Waals surface area contributed by atoms with Crippen molar-refractivity contribution in [3.05, 3.63) is 174 Å². The van der Waals surface area contributed by atoms with Gasteiger partial charge in [0.1, 0.15) is 0 Å². The summed E-state index contributed by atoms with van der Waals surface area (Å²) in [5, 5.41) is 7.92. The quantitative estimate of drug-likeness (QED) is 0.190. The normalized spacial score (nSPS) is 16.9. The van der Waals surface area contributed by atoms with Gasteiger partial charge in [0, 0.05) is 23.9 Å². The molecule has 9 rings (SSSR count). The van der Waals surface area contributed by atoms with Gasteiger partial charge in [0.25, 0.3) is 0 Å². The molecular weight excluding hydrogens is 593 g/mol. The lowest BCUT2D eigenvalue weighted by Crippen LogP contribution is -2.35. The van der Waals surface area contributed by atoms with Gasteiger partial charge >= 0.3 is 0 Å². The third-order valence-electron chi connectivity index (χ3n) is 10.3. The lowest BCUT2D eigenvalue weighted by molar-refractivity contribution is 0.638. The fourth-order valence-electron chi connectivity index (χ4n) is 7.99. The lowest BCUT2D eigenvalue weighted by atomic mass is 9.76. The van der Waals surface area contributed by atoms with Crippen LogP contribution in [0.2, 0.25) is 0 Å². The summed E-state index contributed by atoms with van der Waals surface area (Å²) < 4.78 is 0. The van der Waals surface area contributed by atoms with Gasteiger partial charge in [0.2, 0.25) is 0 Å². The highest BCUT2D eigenvalue weighted by Gasteiger charge is 2.26. The van der Waals surface area contributed by atoms with Gasteiger partial charge in [0.05, 0.1) is 11.4 Å². The van der Waals surface area contributed by atoms with Crippen molar-refractivity contribution in [1.82, 2.24) is 9.97 Å². The first-order valence-corrected chi connectivity index (χ1v) is 17.3. The van der Waals surface area contributed by atoms with Crippen LogP contribution in [0.4, 0.5) is 0 Å². The summed E-state index contributed by atoms with van der Waals surface area (Å²) in [7, 11) is 0. The molecule has 2 heterocycles. The van der Waals surface area contributed by atoms with Gasteiger partial charge < -0.3 is 0 Å². The van der Waals surface area contributed by atoms with Crippen LogP contribution in [0.1, 0.15) is 36.9 Å². The molecule has 49 heavy (non-hydrogen) atoms. The van der Waals surface area contributed by atoms with Gasteiger partial charge in [0.15, 0.2) is 0 Å². The predicted octanol–water partition coefficient (Wildman–Crippen LogP) is 10.5. The maximum Gasteiger partial charge on any atom is 0.0701 e. The Kier molecular flexibility index (Phi) is 7.35. The molecule has 234 valence electrons. The van der Waals surface area contributed by atoms with E-state index in [0.717, 1.165) is 29.8 Å². The van der Waals surface area contributed by atoms with Crippen LogP contribution >= 0.6 is 0 Å². The topological polar surface area (TPSA) is 25.8 Å². The second kappa shape index (κ2) is 12.3. The molecule has 0 radical (unpaired) electrons. The molecule has 2 aliphatic rings. The van der Waals surface area contributed by atoms with E-state index in [2.05, 4.69) is 150 Å². The average Bonchev–Trinajstić information content (AvgIpc) is 3.17. The Morgan fingerprint density at radius 1 is 0.571 bits per heavy atom. The number of hydrogen-bond donors (Lipinski definition) is 0. The SMILES string of the molecule is CC1C=C(c2ccccn2)C=CC1c1c2c(c(-c3ccc(-c4ccccn4)cc3)c3ccc(-c4cccc5ccccc45)cc13)=CCCC=2. The molecule has 0 N–H and O–H groups in total. The first-order valence-electron chi connectivity index (χ1n) is 17.3. The molecule has 2 aliphatic carbocycles. The molecule has 0 aliphatic heterocycles. The highest BCUT2D eigenvalue weighted by atomic mass is 14.7. The first-order chi connectivity index (χ1) is 24.2. The summed E-state index contributed by atoms with van der Waals surface area (Å²) in [5.41, 5.74) is 10.8. The van der Waals surface area contributed by atoms with Crippen LogP contribution in [0.25, 0.3) is 72.8 Å². The second-order valence-corrected chi connectivity index (χ2v) is 13.3. The van der Waals surface area contributed by atoms with E-state index in [1.54, 1.807) is 0 Å². The van der Waals surface area contributed by atoms with Crippen molar-refractivity contribution in [2.75, 3.05) is 0 Å². The molecule has 0 bridgehead atoms. The van der Waals surface area contributed by atoms with Crippen molar-refractivity contribution >= 4 is 39.3 Å². The maximum atomic E-state index is 4.66. The van der Waals surface area contributed by atoms with E-state index in [9.17, 15) is 0 Å². The van der Waals surface area contributed by atoms with E-state index in [0.29, 0.717) is 5.92 Å². The molecule has 0 spiro atoms. The van der Waals surface area contributed by atoms with E-state index in [-0.39, 0.29) is 5.92 Å². The van der Waals surface area contributed by atoms with Gasteiger partial charge in [-0.3, -0.25) is 9.97 Å². The van der Waals surface area contributed by atoms with E-state index >= 15 is 0 Å². The zero-order chi connectivity index (χ0) is 32.7. The van der Waals surface area contributed by atoms with Crippen LogP contribution in [0, 0.1) is 5.92 Å². The van der Waals surface area contributed by atoms with Crippen LogP contribution < -0.4 is 10.4 Å². The molecule has 2 aromatic heterocycles. The number of nitrogens with zero attached hydrogens (tertiary/aromatic N) is 2. The summed E-state index contributed by atoms with van der Waals surface area (Å²) in [6, 6.07) is 43.8. The van der Waals surface area contributed by atoms with Crippen molar-refractivity contribution in [3.63, 3.8) is 0 Å². The second-order valence-electron chi connectivity index (χ2n) is 13.3. The van der Waals surface area contributed by atoms with Gasteiger partial charge in [-0.2, -0.15) is 0 Å². The minimum atomic E-state index is 0.231. The van der Waals surface area contributed by atoms with Crippen LogP contribution in [-0.2, 0) is 0 Å². The minimum absolute atomic E-state index is 0.231. The molecule has 5 aromatic carbocycles. The summed E-state index contributed by atoms with van der Waals surface area (Å²) in [4.78, 5) is 9.26. The van der Waals surface area contributed by atoms with Gasteiger partial charge in [-0.05, 0) is 114 Å². The standard InChI is InChI=1S/C47H36N2/c1-31-29-36(45-18-7-9-28-49-45)24-25-37(31)47-41-15-5-4-14-40(41)46(34-21-19-33(20-22-34)44-17-6-8-27-48-44)42-26-23-35(30-43(42)47)39-16-10-12-32-11-2-3-13-38(32)39/h2-3,6-31,37H,4-5H2,1H3. The maximum absolute atomic E-state index is 4.66. The Balaban J connectivity index is 1.29. The molecule has 2 heteroatoms. The first kappa shape index (κ1) is 29.3. The number of hydrogen-bond acceptors (Lipinski definition) is 2. The third-order valence-corrected chi connectivity index (χ3v) is 10.3. The molecular formula is C47H36N2. The molecule has 2 unspecified atom stereocenters.